The number of sulfone groups is 1. The summed E-state index contributed by atoms with van der Waals surface area (Å²) in [5.74, 6) is 0.981. The Kier molecular flexibility index (Phi) is 5.75. The van der Waals surface area contributed by atoms with Crippen molar-refractivity contribution in [2.75, 3.05) is 31.9 Å². The van der Waals surface area contributed by atoms with Crippen molar-refractivity contribution in [3.63, 3.8) is 0 Å². The zero-order valence-corrected chi connectivity index (χ0v) is 17.2. The van der Waals surface area contributed by atoms with Crippen LogP contribution in [-0.2, 0) is 16.3 Å². The van der Waals surface area contributed by atoms with Gasteiger partial charge in [-0.25, -0.2) is 8.42 Å². The molecule has 1 aliphatic rings. The summed E-state index contributed by atoms with van der Waals surface area (Å²) in [4.78, 5) is 6.87. The van der Waals surface area contributed by atoms with Crippen molar-refractivity contribution in [2.24, 2.45) is 4.99 Å². The summed E-state index contributed by atoms with van der Waals surface area (Å²) in [6, 6.07) is 14.8. The Morgan fingerprint density at radius 3 is 2.67 bits per heavy atom. The number of hydrogen-bond acceptors (Lipinski definition) is 3. The van der Waals surface area contributed by atoms with Crippen molar-refractivity contribution in [1.82, 2.24) is 10.2 Å². The van der Waals surface area contributed by atoms with Crippen LogP contribution >= 0.6 is 0 Å². The first-order chi connectivity index (χ1) is 12.8. The Balaban J connectivity index is 1.75. The third-order valence-corrected chi connectivity index (χ3v) is 7.73. The number of fused-ring (bicyclic) bond motifs is 1. The molecule has 3 rings (SSSR count). The Morgan fingerprint density at radius 1 is 1.19 bits per heavy atom. The van der Waals surface area contributed by atoms with Gasteiger partial charge in [0.05, 0.1) is 10.5 Å². The van der Waals surface area contributed by atoms with Gasteiger partial charge in [-0.15, -0.1) is 0 Å². The largest absolute Gasteiger partial charge is 0.357 e. The van der Waals surface area contributed by atoms with E-state index in [9.17, 15) is 8.42 Å². The van der Waals surface area contributed by atoms with Gasteiger partial charge in [0.1, 0.15) is 0 Å². The monoisotopic (exact) mass is 387 g/mol. The maximum Gasteiger partial charge on any atom is 0.194 e. The molecule has 0 amide bonds. The highest BCUT2D eigenvalue weighted by molar-refractivity contribution is 7.92. The maximum atomic E-state index is 12.3. The molecular weight excluding hydrogens is 358 g/mol. The van der Waals surface area contributed by atoms with Crippen LogP contribution in [0, 0.1) is 0 Å². The van der Waals surface area contributed by atoms with E-state index < -0.39 is 14.6 Å². The van der Waals surface area contributed by atoms with Gasteiger partial charge in [0.2, 0.25) is 0 Å². The van der Waals surface area contributed by atoms with Crippen molar-refractivity contribution in [2.45, 2.75) is 31.9 Å². The fourth-order valence-corrected chi connectivity index (χ4v) is 4.91. The molecular formula is C21H29N3O2S. The standard InChI is InChI=1S/C21H29N3O2S/c1-4-22-20(24-14-15-27(25,26)21(2,3)16-24)23-13-12-18-10-7-9-17-8-5-6-11-19(17)18/h5-11H,4,12-16H2,1-3H3,(H,22,23). The summed E-state index contributed by atoms with van der Waals surface area (Å²) in [6.07, 6.45) is 0.853. The zero-order chi connectivity index (χ0) is 19.5. The molecule has 0 saturated carbocycles. The molecule has 146 valence electrons. The SMILES string of the molecule is CCNC(=NCCc1cccc2ccccc12)N1CCS(=O)(=O)C(C)(C)C1. The second kappa shape index (κ2) is 7.89. The van der Waals surface area contributed by atoms with Gasteiger partial charge in [0, 0.05) is 26.2 Å². The number of aliphatic imine (C=N–C) groups is 1. The van der Waals surface area contributed by atoms with E-state index >= 15 is 0 Å². The van der Waals surface area contributed by atoms with Crippen LogP contribution in [0.5, 0.6) is 0 Å². The first kappa shape index (κ1) is 19.7. The predicted molar refractivity (Wildman–Crippen MR) is 113 cm³/mol. The Bertz CT molecular complexity index is 930. The van der Waals surface area contributed by atoms with Gasteiger partial charge >= 0.3 is 0 Å². The molecule has 0 aliphatic carbocycles. The summed E-state index contributed by atoms with van der Waals surface area (Å²) < 4.78 is 23.8. The van der Waals surface area contributed by atoms with Gasteiger partial charge in [0.25, 0.3) is 0 Å². The molecule has 1 saturated heterocycles. The van der Waals surface area contributed by atoms with Crippen LogP contribution in [0.15, 0.2) is 47.5 Å². The van der Waals surface area contributed by atoms with E-state index in [1.54, 1.807) is 13.8 Å². The lowest BCUT2D eigenvalue weighted by Gasteiger charge is -2.39. The average molecular weight is 388 g/mol. The number of nitrogens with zero attached hydrogens (tertiary/aromatic N) is 2. The van der Waals surface area contributed by atoms with Crippen LogP contribution in [-0.4, -0.2) is 56.0 Å². The van der Waals surface area contributed by atoms with Crippen molar-refractivity contribution in [1.29, 1.82) is 0 Å². The van der Waals surface area contributed by atoms with E-state index in [0.717, 1.165) is 18.9 Å². The highest BCUT2D eigenvalue weighted by atomic mass is 32.2. The van der Waals surface area contributed by atoms with Gasteiger partial charge < -0.3 is 10.2 Å². The smallest absolute Gasteiger partial charge is 0.194 e. The van der Waals surface area contributed by atoms with Crippen molar-refractivity contribution in [3.8, 4) is 0 Å². The summed E-state index contributed by atoms with van der Waals surface area (Å²) in [5, 5.41) is 5.84. The Hall–Kier alpha value is -2.08. The van der Waals surface area contributed by atoms with Crippen molar-refractivity contribution in [3.05, 3.63) is 48.0 Å². The third-order valence-electron chi connectivity index (χ3n) is 5.20. The van der Waals surface area contributed by atoms with E-state index in [1.165, 1.54) is 16.3 Å². The maximum absolute atomic E-state index is 12.3. The van der Waals surface area contributed by atoms with Crippen LogP contribution < -0.4 is 5.32 Å². The topological polar surface area (TPSA) is 61.8 Å². The molecule has 1 heterocycles. The normalized spacial score (nSPS) is 19.2. The second-order valence-corrected chi connectivity index (χ2v) is 10.4. The van der Waals surface area contributed by atoms with E-state index in [2.05, 4.69) is 52.7 Å². The molecule has 5 nitrogen and oxygen atoms in total. The highest BCUT2D eigenvalue weighted by Crippen LogP contribution is 2.24. The summed E-state index contributed by atoms with van der Waals surface area (Å²) >= 11 is 0. The molecule has 2 aromatic rings. The summed E-state index contributed by atoms with van der Waals surface area (Å²) in [5.41, 5.74) is 1.29. The quantitative estimate of drug-likeness (QED) is 0.647. The number of hydrogen-bond donors (Lipinski definition) is 1. The number of rotatable bonds is 4. The van der Waals surface area contributed by atoms with Gasteiger partial charge in [0.15, 0.2) is 15.8 Å². The first-order valence-corrected chi connectivity index (χ1v) is 11.2. The molecule has 2 aromatic carbocycles. The van der Waals surface area contributed by atoms with Crippen LogP contribution in [0.2, 0.25) is 0 Å². The number of nitrogens with one attached hydrogen (secondary N) is 1. The zero-order valence-electron chi connectivity index (χ0n) is 16.4. The van der Waals surface area contributed by atoms with Gasteiger partial charge in [-0.05, 0) is 43.5 Å². The average Bonchev–Trinajstić information content (AvgIpc) is 2.63. The molecule has 0 atom stereocenters. The number of guanidine groups is 1. The van der Waals surface area contributed by atoms with Crippen LogP contribution in [0.25, 0.3) is 10.8 Å². The van der Waals surface area contributed by atoms with E-state index in [-0.39, 0.29) is 5.75 Å². The van der Waals surface area contributed by atoms with Gasteiger partial charge in [-0.3, -0.25) is 4.99 Å². The summed E-state index contributed by atoms with van der Waals surface area (Å²) in [6.45, 7) is 8.02. The second-order valence-electron chi connectivity index (χ2n) is 7.62. The Morgan fingerprint density at radius 2 is 1.93 bits per heavy atom. The van der Waals surface area contributed by atoms with E-state index in [4.69, 9.17) is 4.99 Å². The molecule has 1 N–H and O–H groups in total. The predicted octanol–water partition coefficient (Wildman–Crippen LogP) is 2.86. The lowest BCUT2D eigenvalue weighted by Crippen LogP contribution is -2.57. The Labute approximate surface area is 162 Å². The third kappa shape index (κ3) is 4.26. The van der Waals surface area contributed by atoms with Crippen molar-refractivity contribution >= 4 is 26.6 Å². The van der Waals surface area contributed by atoms with E-state index in [0.29, 0.717) is 19.6 Å². The first-order valence-electron chi connectivity index (χ1n) is 9.56. The van der Waals surface area contributed by atoms with Crippen LogP contribution in [0.4, 0.5) is 0 Å². The van der Waals surface area contributed by atoms with Crippen LogP contribution in [0.3, 0.4) is 0 Å². The van der Waals surface area contributed by atoms with Crippen LogP contribution in [0.1, 0.15) is 26.3 Å². The minimum absolute atomic E-state index is 0.174. The molecule has 0 unspecified atom stereocenters. The molecule has 0 spiro atoms. The highest BCUT2D eigenvalue weighted by Gasteiger charge is 2.40. The molecule has 27 heavy (non-hydrogen) atoms. The molecule has 0 radical (unpaired) electrons. The van der Waals surface area contributed by atoms with E-state index in [1.807, 2.05) is 6.92 Å². The lowest BCUT2D eigenvalue weighted by molar-refractivity contribution is 0.353. The van der Waals surface area contributed by atoms with Gasteiger partial charge in [-0.2, -0.15) is 0 Å². The molecule has 0 bridgehead atoms. The minimum atomic E-state index is -3.05. The number of benzene rings is 2. The molecule has 1 aliphatic heterocycles. The molecule has 0 aromatic heterocycles. The lowest BCUT2D eigenvalue weighted by atomic mass is 10.0. The fourth-order valence-electron chi connectivity index (χ4n) is 3.54. The fraction of sp³-hybridized carbons (Fsp3) is 0.476. The summed E-state index contributed by atoms with van der Waals surface area (Å²) in [7, 11) is -3.05. The molecule has 1 fully saturated rings. The van der Waals surface area contributed by atoms with Gasteiger partial charge in [-0.1, -0.05) is 42.5 Å². The molecule has 6 heteroatoms. The minimum Gasteiger partial charge on any atom is -0.357 e. The van der Waals surface area contributed by atoms with Crippen molar-refractivity contribution < 1.29 is 8.42 Å².